The van der Waals surface area contributed by atoms with Crippen molar-refractivity contribution in [3.05, 3.63) is 30.3 Å². The summed E-state index contributed by atoms with van der Waals surface area (Å²) in [5.74, 6) is 0. The fourth-order valence-corrected chi connectivity index (χ4v) is 7.20. The summed E-state index contributed by atoms with van der Waals surface area (Å²) in [5.41, 5.74) is 0. The van der Waals surface area contributed by atoms with Crippen LogP contribution in [0, 0.1) is 0 Å². The third kappa shape index (κ3) is 3.03. The maximum atomic E-state index is 6.17. The zero-order valence-electron chi connectivity index (χ0n) is 12.0. The molecule has 1 rings (SSSR count). The van der Waals surface area contributed by atoms with Gasteiger partial charge in [0.15, 0.2) is 0 Å². The average molecular weight is 284 g/mol. The van der Waals surface area contributed by atoms with E-state index in [1.807, 2.05) is 0 Å². The standard InChI is InChI=1S/C14H25N2PS/c1-5-15(6-2)17(18,16(7-3)8-4)14-12-10-9-11-13-14/h9-13H,5-8H2,1-4H3. The van der Waals surface area contributed by atoms with Gasteiger partial charge in [0.1, 0.15) is 6.34 Å². The zero-order valence-corrected chi connectivity index (χ0v) is 13.7. The fourth-order valence-electron chi connectivity index (χ4n) is 2.34. The van der Waals surface area contributed by atoms with Gasteiger partial charge >= 0.3 is 0 Å². The molecule has 0 aliphatic carbocycles. The van der Waals surface area contributed by atoms with Crippen LogP contribution in [-0.4, -0.2) is 35.5 Å². The molecule has 2 nitrogen and oxygen atoms in total. The first kappa shape index (κ1) is 15.8. The topological polar surface area (TPSA) is 6.48 Å². The Bertz CT molecular complexity index is 370. The highest BCUT2D eigenvalue weighted by Crippen LogP contribution is 2.51. The van der Waals surface area contributed by atoms with Crippen molar-refractivity contribution in [3.63, 3.8) is 0 Å². The number of rotatable bonds is 7. The quantitative estimate of drug-likeness (QED) is 0.709. The summed E-state index contributed by atoms with van der Waals surface area (Å²) in [7, 11) is 0. The molecule has 0 aromatic heterocycles. The second kappa shape index (κ2) is 7.40. The Morgan fingerprint density at radius 1 is 0.833 bits per heavy atom. The molecular formula is C14H25N2PS. The number of benzene rings is 1. The van der Waals surface area contributed by atoms with Crippen LogP contribution in [0.1, 0.15) is 27.7 Å². The predicted molar refractivity (Wildman–Crippen MR) is 86.2 cm³/mol. The summed E-state index contributed by atoms with van der Waals surface area (Å²) in [6.07, 6.45) is -1.79. The summed E-state index contributed by atoms with van der Waals surface area (Å²) >= 11 is 6.17. The minimum absolute atomic E-state index is 1.01. The van der Waals surface area contributed by atoms with Gasteiger partial charge in [0, 0.05) is 31.5 Å². The van der Waals surface area contributed by atoms with Crippen molar-refractivity contribution in [1.29, 1.82) is 0 Å². The van der Waals surface area contributed by atoms with E-state index >= 15 is 0 Å². The van der Waals surface area contributed by atoms with Gasteiger partial charge in [-0.1, -0.05) is 69.8 Å². The van der Waals surface area contributed by atoms with Crippen LogP contribution in [0.15, 0.2) is 30.3 Å². The van der Waals surface area contributed by atoms with E-state index in [0.717, 1.165) is 26.2 Å². The first-order valence-electron chi connectivity index (χ1n) is 6.81. The van der Waals surface area contributed by atoms with Crippen molar-refractivity contribution in [2.45, 2.75) is 27.7 Å². The highest BCUT2D eigenvalue weighted by molar-refractivity contribution is 8.15. The Morgan fingerprint density at radius 2 is 1.22 bits per heavy atom. The van der Waals surface area contributed by atoms with Gasteiger partial charge in [-0.05, 0) is 0 Å². The monoisotopic (exact) mass is 284 g/mol. The van der Waals surface area contributed by atoms with Crippen LogP contribution in [0.3, 0.4) is 0 Å². The molecule has 0 unspecified atom stereocenters. The van der Waals surface area contributed by atoms with Crippen molar-refractivity contribution < 1.29 is 0 Å². The highest BCUT2D eigenvalue weighted by Gasteiger charge is 2.30. The minimum atomic E-state index is -1.79. The van der Waals surface area contributed by atoms with E-state index in [-0.39, 0.29) is 0 Å². The molecule has 1 aromatic carbocycles. The molecule has 0 fully saturated rings. The number of hydrogen-bond donors (Lipinski definition) is 0. The van der Waals surface area contributed by atoms with Crippen molar-refractivity contribution in [2.75, 3.05) is 26.2 Å². The lowest BCUT2D eigenvalue weighted by Crippen LogP contribution is -2.36. The third-order valence-electron chi connectivity index (χ3n) is 3.32. The van der Waals surface area contributed by atoms with Gasteiger partial charge in [-0.15, -0.1) is 0 Å². The summed E-state index contributed by atoms with van der Waals surface area (Å²) in [4.78, 5) is 0. The average Bonchev–Trinajstić information content (AvgIpc) is 2.42. The number of nitrogens with zero attached hydrogens (tertiary/aromatic N) is 2. The van der Waals surface area contributed by atoms with Gasteiger partial charge in [0.2, 0.25) is 0 Å². The Balaban J connectivity index is 3.29. The van der Waals surface area contributed by atoms with Crippen molar-refractivity contribution in [3.8, 4) is 0 Å². The molecule has 4 heteroatoms. The SMILES string of the molecule is CCN(CC)P(=S)(c1ccccc1)N(CC)CC. The van der Waals surface area contributed by atoms with Crippen LogP contribution in [0.25, 0.3) is 0 Å². The van der Waals surface area contributed by atoms with E-state index in [1.54, 1.807) is 0 Å². The molecule has 18 heavy (non-hydrogen) atoms. The van der Waals surface area contributed by atoms with E-state index in [0.29, 0.717) is 0 Å². The van der Waals surface area contributed by atoms with Crippen LogP contribution in [0.4, 0.5) is 0 Å². The van der Waals surface area contributed by atoms with Gasteiger partial charge in [0.05, 0.1) is 0 Å². The maximum absolute atomic E-state index is 6.17. The predicted octanol–water partition coefficient (Wildman–Crippen LogP) is 3.31. The fraction of sp³-hybridized carbons (Fsp3) is 0.571. The lowest BCUT2D eigenvalue weighted by atomic mass is 10.4. The molecule has 0 aliphatic rings. The van der Waals surface area contributed by atoms with Crippen LogP contribution in [-0.2, 0) is 11.8 Å². The highest BCUT2D eigenvalue weighted by atomic mass is 32.4. The van der Waals surface area contributed by atoms with E-state index in [9.17, 15) is 0 Å². The van der Waals surface area contributed by atoms with Gasteiger partial charge in [0.25, 0.3) is 0 Å². The largest absolute Gasteiger partial charge is 0.261 e. The second-order valence-electron chi connectivity index (χ2n) is 4.16. The molecule has 0 aliphatic heterocycles. The van der Waals surface area contributed by atoms with Crippen molar-refractivity contribution >= 4 is 23.5 Å². The van der Waals surface area contributed by atoms with E-state index in [1.165, 1.54) is 5.30 Å². The van der Waals surface area contributed by atoms with Gasteiger partial charge < -0.3 is 0 Å². The Hall–Kier alpha value is -0.210. The Morgan fingerprint density at radius 3 is 1.56 bits per heavy atom. The lowest BCUT2D eigenvalue weighted by molar-refractivity contribution is 0.428. The number of hydrogen-bond acceptors (Lipinski definition) is 1. The van der Waals surface area contributed by atoms with Gasteiger partial charge in [-0.2, -0.15) is 0 Å². The molecule has 0 heterocycles. The smallest absolute Gasteiger partial charge is 0.106 e. The summed E-state index contributed by atoms with van der Waals surface area (Å²) in [6.45, 7) is 12.9. The summed E-state index contributed by atoms with van der Waals surface area (Å²) in [6, 6.07) is 10.6. The first-order chi connectivity index (χ1) is 8.64. The molecule has 0 bridgehead atoms. The Kier molecular flexibility index (Phi) is 6.51. The minimum Gasteiger partial charge on any atom is -0.261 e. The zero-order chi connectivity index (χ0) is 13.6. The van der Waals surface area contributed by atoms with Crippen LogP contribution in [0.2, 0.25) is 0 Å². The molecule has 0 N–H and O–H groups in total. The molecule has 0 spiro atoms. The Labute approximate surface area is 117 Å². The van der Waals surface area contributed by atoms with Crippen LogP contribution >= 0.6 is 6.34 Å². The summed E-state index contributed by atoms with van der Waals surface area (Å²) in [5, 5.41) is 1.31. The third-order valence-corrected chi connectivity index (χ3v) is 8.97. The van der Waals surface area contributed by atoms with Gasteiger partial charge in [-0.25, -0.2) is 0 Å². The maximum Gasteiger partial charge on any atom is 0.106 e. The van der Waals surface area contributed by atoms with Crippen LogP contribution in [0.5, 0.6) is 0 Å². The van der Waals surface area contributed by atoms with Crippen LogP contribution < -0.4 is 5.30 Å². The molecule has 102 valence electrons. The van der Waals surface area contributed by atoms with E-state index in [4.69, 9.17) is 11.8 Å². The molecule has 0 saturated heterocycles. The summed E-state index contributed by atoms with van der Waals surface area (Å²) < 4.78 is 4.93. The lowest BCUT2D eigenvalue weighted by Gasteiger charge is -2.41. The van der Waals surface area contributed by atoms with Crippen molar-refractivity contribution in [2.24, 2.45) is 0 Å². The molecule has 1 aromatic rings. The second-order valence-corrected chi connectivity index (χ2v) is 8.42. The normalized spacial score (nSPS) is 12.3. The van der Waals surface area contributed by atoms with E-state index in [2.05, 4.69) is 67.4 Å². The molecule has 0 atom stereocenters. The van der Waals surface area contributed by atoms with Crippen molar-refractivity contribution in [1.82, 2.24) is 9.34 Å². The van der Waals surface area contributed by atoms with Gasteiger partial charge in [-0.3, -0.25) is 9.34 Å². The first-order valence-corrected chi connectivity index (χ1v) is 9.52. The molecular weight excluding hydrogens is 259 g/mol. The molecule has 0 radical (unpaired) electrons. The van der Waals surface area contributed by atoms with E-state index < -0.39 is 6.34 Å². The molecule has 0 amide bonds. The molecule has 0 saturated carbocycles.